The molecule has 2 rings (SSSR count). The van der Waals surface area contributed by atoms with Gasteiger partial charge in [-0.1, -0.05) is 12.0 Å². The molecule has 0 aromatic heterocycles. The van der Waals surface area contributed by atoms with Crippen molar-refractivity contribution >= 4 is 11.7 Å². The molecule has 1 aliphatic heterocycles. The van der Waals surface area contributed by atoms with Gasteiger partial charge >= 0.3 is 6.03 Å². The molecule has 22 heavy (non-hydrogen) atoms. The lowest BCUT2D eigenvalue weighted by atomic mass is 9.99. The summed E-state index contributed by atoms with van der Waals surface area (Å²) in [7, 11) is 0. The Labute approximate surface area is 132 Å². The Morgan fingerprint density at radius 2 is 2.27 bits per heavy atom. The van der Waals surface area contributed by atoms with Gasteiger partial charge in [0.1, 0.15) is 6.61 Å². The first-order valence-corrected chi connectivity index (χ1v) is 7.74. The van der Waals surface area contributed by atoms with E-state index in [0.29, 0.717) is 19.1 Å². The van der Waals surface area contributed by atoms with E-state index in [4.69, 9.17) is 11.2 Å². The first-order valence-electron chi connectivity index (χ1n) is 7.74. The Kier molecular flexibility index (Phi) is 5.85. The van der Waals surface area contributed by atoms with E-state index in [-0.39, 0.29) is 6.03 Å². The van der Waals surface area contributed by atoms with Crippen LogP contribution in [-0.4, -0.2) is 37.2 Å². The van der Waals surface area contributed by atoms with Crippen molar-refractivity contribution in [3.05, 3.63) is 29.3 Å². The van der Waals surface area contributed by atoms with E-state index in [2.05, 4.69) is 18.2 Å². The van der Waals surface area contributed by atoms with Gasteiger partial charge in [0.15, 0.2) is 0 Å². The van der Waals surface area contributed by atoms with Gasteiger partial charge < -0.3 is 15.0 Å². The van der Waals surface area contributed by atoms with E-state index in [1.807, 2.05) is 30.0 Å². The number of rotatable bonds is 4. The third-order valence-corrected chi connectivity index (χ3v) is 4.10. The first-order chi connectivity index (χ1) is 10.6. The maximum absolute atomic E-state index is 12.4. The number of aryl methyl sites for hydroxylation is 2. The number of anilines is 1. The van der Waals surface area contributed by atoms with Crippen LogP contribution in [0.1, 0.15) is 24.0 Å². The molecule has 2 amide bonds. The third-order valence-electron chi connectivity index (χ3n) is 4.10. The van der Waals surface area contributed by atoms with Crippen LogP contribution in [-0.2, 0) is 4.74 Å². The number of nitrogens with one attached hydrogen (secondary N) is 1. The first kappa shape index (κ1) is 16.4. The van der Waals surface area contributed by atoms with E-state index < -0.39 is 0 Å². The highest BCUT2D eigenvalue weighted by atomic mass is 16.5. The number of urea groups is 1. The Bertz CT molecular complexity index is 563. The van der Waals surface area contributed by atoms with E-state index >= 15 is 0 Å². The third kappa shape index (κ3) is 4.51. The number of hydrogen-bond acceptors (Lipinski definition) is 2. The molecular formula is C18H24N2O2. The van der Waals surface area contributed by atoms with Crippen molar-refractivity contribution in [1.29, 1.82) is 0 Å². The summed E-state index contributed by atoms with van der Waals surface area (Å²) in [5.74, 6) is 2.84. The molecule has 0 saturated carbocycles. The molecular weight excluding hydrogens is 276 g/mol. The van der Waals surface area contributed by atoms with Gasteiger partial charge in [0, 0.05) is 24.7 Å². The number of ether oxygens (including phenoxy) is 1. The van der Waals surface area contributed by atoms with Gasteiger partial charge in [-0.3, -0.25) is 0 Å². The Balaban J connectivity index is 1.88. The molecule has 1 N–H and O–H groups in total. The summed E-state index contributed by atoms with van der Waals surface area (Å²) in [5, 5.41) is 2.98. The fourth-order valence-electron chi connectivity index (χ4n) is 2.69. The zero-order chi connectivity index (χ0) is 15.9. The SMILES string of the molecule is C#CCOCC1CCCN(C(=O)Nc2ccc(C)c(C)c2)C1. The maximum atomic E-state index is 12.4. The average molecular weight is 300 g/mol. The zero-order valence-electron chi connectivity index (χ0n) is 13.4. The van der Waals surface area contributed by atoms with E-state index in [9.17, 15) is 4.79 Å². The van der Waals surface area contributed by atoms with E-state index in [1.54, 1.807) is 0 Å². The molecule has 1 aliphatic rings. The lowest BCUT2D eigenvalue weighted by Crippen LogP contribution is -2.43. The molecule has 1 aromatic rings. The molecule has 118 valence electrons. The molecule has 4 heteroatoms. The molecule has 0 bridgehead atoms. The predicted octanol–water partition coefficient (Wildman–Crippen LogP) is 3.20. The summed E-state index contributed by atoms with van der Waals surface area (Å²) in [4.78, 5) is 14.2. The number of benzene rings is 1. The number of likely N-dealkylation sites (tertiary alicyclic amines) is 1. The van der Waals surface area contributed by atoms with Crippen molar-refractivity contribution in [2.75, 3.05) is 31.6 Å². The highest BCUT2D eigenvalue weighted by Gasteiger charge is 2.23. The summed E-state index contributed by atoms with van der Waals surface area (Å²) in [6, 6.07) is 5.94. The lowest BCUT2D eigenvalue weighted by molar-refractivity contribution is 0.0883. The zero-order valence-corrected chi connectivity index (χ0v) is 13.4. The van der Waals surface area contributed by atoms with Crippen LogP contribution in [0, 0.1) is 32.1 Å². The lowest BCUT2D eigenvalue weighted by Gasteiger charge is -2.32. The molecule has 4 nitrogen and oxygen atoms in total. The second-order valence-corrected chi connectivity index (χ2v) is 5.90. The van der Waals surface area contributed by atoms with Gasteiger partial charge in [0.05, 0.1) is 6.61 Å². The quantitative estimate of drug-likeness (QED) is 0.685. The average Bonchev–Trinajstić information content (AvgIpc) is 2.51. The van der Waals surface area contributed by atoms with Gasteiger partial charge in [-0.05, 0) is 49.9 Å². The molecule has 1 heterocycles. The summed E-state index contributed by atoms with van der Waals surface area (Å²) < 4.78 is 5.40. The summed E-state index contributed by atoms with van der Waals surface area (Å²) in [5.41, 5.74) is 3.25. The van der Waals surface area contributed by atoms with Crippen LogP contribution in [0.2, 0.25) is 0 Å². The molecule has 0 aliphatic carbocycles. The largest absolute Gasteiger partial charge is 0.368 e. The van der Waals surface area contributed by atoms with Crippen LogP contribution in [0.3, 0.4) is 0 Å². The number of carbonyl (C=O) groups excluding carboxylic acids is 1. The number of piperidine rings is 1. The Morgan fingerprint density at radius 1 is 1.45 bits per heavy atom. The number of hydrogen-bond donors (Lipinski definition) is 1. The second-order valence-electron chi connectivity index (χ2n) is 5.90. The minimum Gasteiger partial charge on any atom is -0.368 e. The highest BCUT2D eigenvalue weighted by molar-refractivity contribution is 5.89. The smallest absolute Gasteiger partial charge is 0.321 e. The highest BCUT2D eigenvalue weighted by Crippen LogP contribution is 2.19. The van der Waals surface area contributed by atoms with Crippen LogP contribution >= 0.6 is 0 Å². The van der Waals surface area contributed by atoms with Crippen LogP contribution in [0.15, 0.2) is 18.2 Å². The minimum absolute atomic E-state index is 0.0371. The van der Waals surface area contributed by atoms with Crippen molar-refractivity contribution in [1.82, 2.24) is 4.90 Å². The molecule has 0 spiro atoms. The minimum atomic E-state index is -0.0371. The summed E-state index contributed by atoms with van der Waals surface area (Å²) >= 11 is 0. The Morgan fingerprint density at radius 3 is 3.00 bits per heavy atom. The number of amides is 2. The topological polar surface area (TPSA) is 41.6 Å². The van der Waals surface area contributed by atoms with Gasteiger partial charge in [-0.25, -0.2) is 4.79 Å². The van der Waals surface area contributed by atoms with Crippen LogP contribution in [0.4, 0.5) is 10.5 Å². The van der Waals surface area contributed by atoms with Crippen molar-refractivity contribution in [3.63, 3.8) is 0 Å². The summed E-state index contributed by atoms with van der Waals surface area (Å²) in [6.07, 6.45) is 7.26. The molecule has 1 saturated heterocycles. The van der Waals surface area contributed by atoms with Crippen LogP contribution in [0.25, 0.3) is 0 Å². The van der Waals surface area contributed by atoms with Gasteiger partial charge in [0.25, 0.3) is 0 Å². The monoisotopic (exact) mass is 300 g/mol. The number of terminal acetylenes is 1. The number of nitrogens with zero attached hydrogens (tertiary/aromatic N) is 1. The van der Waals surface area contributed by atoms with Gasteiger partial charge in [-0.2, -0.15) is 0 Å². The Hall–Kier alpha value is -1.99. The second kappa shape index (κ2) is 7.86. The van der Waals surface area contributed by atoms with Crippen molar-refractivity contribution in [3.8, 4) is 12.3 Å². The predicted molar refractivity (Wildman–Crippen MR) is 88.9 cm³/mol. The standard InChI is InChI=1S/C18H24N2O2/c1-4-10-22-13-16-6-5-9-20(12-16)18(21)19-17-8-7-14(2)15(3)11-17/h1,7-8,11,16H,5-6,9-10,12-13H2,2-3H3,(H,19,21). The number of carbonyl (C=O) groups is 1. The van der Waals surface area contributed by atoms with Crippen molar-refractivity contribution < 1.29 is 9.53 Å². The normalized spacial score (nSPS) is 17.9. The fraction of sp³-hybridized carbons (Fsp3) is 0.500. The van der Waals surface area contributed by atoms with Crippen molar-refractivity contribution in [2.45, 2.75) is 26.7 Å². The van der Waals surface area contributed by atoms with Gasteiger partial charge in [0.2, 0.25) is 0 Å². The fourth-order valence-corrected chi connectivity index (χ4v) is 2.69. The van der Waals surface area contributed by atoms with E-state index in [0.717, 1.165) is 31.6 Å². The molecule has 1 fully saturated rings. The molecule has 0 radical (unpaired) electrons. The molecule has 1 atom stereocenters. The maximum Gasteiger partial charge on any atom is 0.321 e. The van der Waals surface area contributed by atoms with Crippen molar-refractivity contribution in [2.24, 2.45) is 5.92 Å². The molecule has 1 aromatic carbocycles. The van der Waals surface area contributed by atoms with Crippen LogP contribution in [0.5, 0.6) is 0 Å². The summed E-state index contributed by atoms with van der Waals surface area (Å²) in [6.45, 7) is 6.59. The van der Waals surface area contributed by atoms with Gasteiger partial charge in [-0.15, -0.1) is 6.42 Å². The molecule has 1 unspecified atom stereocenters. The van der Waals surface area contributed by atoms with E-state index in [1.165, 1.54) is 11.1 Å². The van der Waals surface area contributed by atoms with Crippen LogP contribution < -0.4 is 5.32 Å².